The van der Waals surface area contributed by atoms with Crippen LogP contribution in [0.3, 0.4) is 0 Å². The van der Waals surface area contributed by atoms with Crippen molar-refractivity contribution >= 4 is 38.8 Å². The predicted molar refractivity (Wildman–Crippen MR) is 120 cm³/mol. The number of piperazine rings is 1. The third-order valence-corrected chi connectivity index (χ3v) is 6.82. The Labute approximate surface area is 188 Å². The monoisotopic (exact) mass is 485 g/mol. The highest BCUT2D eigenvalue weighted by Gasteiger charge is 2.47. The summed E-state index contributed by atoms with van der Waals surface area (Å²) in [5, 5.41) is 7.57. The van der Waals surface area contributed by atoms with Gasteiger partial charge in [0.25, 0.3) is 0 Å². The van der Waals surface area contributed by atoms with Crippen molar-refractivity contribution < 1.29 is 9.47 Å². The summed E-state index contributed by atoms with van der Waals surface area (Å²) in [7, 11) is 0. The molecule has 3 fully saturated rings. The summed E-state index contributed by atoms with van der Waals surface area (Å²) in [6, 6.07) is 8.05. The molecule has 0 spiro atoms. The molecule has 9 nitrogen and oxygen atoms in total. The van der Waals surface area contributed by atoms with E-state index in [1.54, 1.807) is 10.7 Å². The maximum Gasteiger partial charge on any atom is 0.198 e. The third kappa shape index (κ3) is 3.33. The molecule has 6 rings (SSSR count). The van der Waals surface area contributed by atoms with Gasteiger partial charge < -0.3 is 19.7 Å². The summed E-state index contributed by atoms with van der Waals surface area (Å²) >= 11 is 3.44. The van der Waals surface area contributed by atoms with Gasteiger partial charge in [-0.3, -0.25) is 4.90 Å². The maximum absolute atomic E-state index is 6.06. The Morgan fingerprint density at radius 3 is 2.87 bits per heavy atom. The molecule has 0 amide bonds. The second-order valence-electron chi connectivity index (χ2n) is 8.26. The van der Waals surface area contributed by atoms with E-state index < -0.39 is 0 Å². The van der Waals surface area contributed by atoms with Crippen LogP contribution in [0, 0.1) is 0 Å². The van der Waals surface area contributed by atoms with Crippen LogP contribution in [0.4, 0.5) is 17.2 Å². The fourth-order valence-corrected chi connectivity index (χ4v) is 5.35. The number of nitrogens with zero attached hydrogens (tertiary/aromatic N) is 6. The molecule has 3 aromatic rings. The second kappa shape index (κ2) is 7.61. The van der Waals surface area contributed by atoms with Gasteiger partial charge in [-0.1, -0.05) is 0 Å². The summed E-state index contributed by atoms with van der Waals surface area (Å²) in [5.74, 6) is 1.53. The molecule has 2 unspecified atom stereocenters. The van der Waals surface area contributed by atoms with Gasteiger partial charge in [-0.05, 0) is 41.4 Å². The molecule has 3 aliphatic rings. The van der Waals surface area contributed by atoms with E-state index in [-0.39, 0.29) is 0 Å². The molecule has 2 atom stereocenters. The average Bonchev–Trinajstić information content (AvgIpc) is 3.43. The van der Waals surface area contributed by atoms with Crippen molar-refractivity contribution in [2.45, 2.75) is 31.5 Å². The Kier molecular flexibility index (Phi) is 4.73. The van der Waals surface area contributed by atoms with Gasteiger partial charge in [-0.25, -0.2) is 14.5 Å². The largest absolute Gasteiger partial charge is 0.492 e. The van der Waals surface area contributed by atoms with Crippen LogP contribution < -0.4 is 15.0 Å². The number of rotatable bonds is 6. The Balaban J connectivity index is 1.26. The molecule has 1 aromatic carbocycles. The molecule has 3 saturated heterocycles. The predicted octanol–water partition coefficient (Wildman–Crippen LogP) is 2.69. The Bertz CT molecular complexity index is 1120. The third-order valence-electron chi connectivity index (χ3n) is 6.44. The first kappa shape index (κ1) is 19.3. The van der Waals surface area contributed by atoms with Gasteiger partial charge >= 0.3 is 0 Å². The summed E-state index contributed by atoms with van der Waals surface area (Å²) in [5.41, 5.74) is 2.74. The molecule has 3 aliphatic heterocycles. The smallest absolute Gasteiger partial charge is 0.198 e. The molecule has 162 valence electrons. The first-order valence-electron chi connectivity index (χ1n) is 10.7. The number of nitrogens with one attached hydrogen (secondary N) is 1. The number of benzene rings is 1. The molecule has 10 heteroatoms. The molecule has 31 heavy (non-hydrogen) atoms. The number of likely N-dealkylation sites (tertiary alicyclic amines) is 1. The van der Waals surface area contributed by atoms with Crippen LogP contribution in [0.1, 0.15) is 13.3 Å². The molecule has 0 saturated carbocycles. The van der Waals surface area contributed by atoms with Crippen LogP contribution in [-0.2, 0) is 4.74 Å². The lowest BCUT2D eigenvalue weighted by atomic mass is 10.1. The van der Waals surface area contributed by atoms with Gasteiger partial charge in [0.15, 0.2) is 11.5 Å². The quantitative estimate of drug-likeness (QED) is 0.570. The topological polar surface area (TPSA) is 80.0 Å². The standard InChI is InChI=1S/C21H24BrN7O2/c1-2-31-18-5-13(25-20-21-23-12-24-29(21)9-19(22)26-20)3-4-17(18)28-8-14-6-15(28)7-27(14)16-10-30-11-16/h3-5,9,12,14-16H,2,6-8,10-11H2,1H3,(H,25,26). The van der Waals surface area contributed by atoms with Gasteiger partial charge in [0, 0.05) is 36.9 Å². The molecule has 5 heterocycles. The average molecular weight is 486 g/mol. The number of aromatic nitrogens is 4. The SMILES string of the molecule is CCOc1cc(Nc2nc(Br)cn3ncnc23)ccc1N1CC2CC1CN2C1COC1. The Morgan fingerprint density at radius 2 is 2.13 bits per heavy atom. The normalized spacial score (nSPS) is 23.5. The number of hydrogen-bond acceptors (Lipinski definition) is 8. The highest BCUT2D eigenvalue weighted by atomic mass is 79.9. The van der Waals surface area contributed by atoms with E-state index in [0.29, 0.717) is 40.8 Å². The lowest BCUT2D eigenvalue weighted by molar-refractivity contribution is -0.0708. The van der Waals surface area contributed by atoms with E-state index in [1.165, 1.54) is 18.4 Å². The van der Waals surface area contributed by atoms with Crippen LogP contribution >= 0.6 is 15.9 Å². The second-order valence-corrected chi connectivity index (χ2v) is 9.08. The number of halogens is 1. The fourth-order valence-electron chi connectivity index (χ4n) is 4.98. The summed E-state index contributed by atoms with van der Waals surface area (Å²) in [4.78, 5) is 14.0. The molecule has 0 aliphatic carbocycles. The lowest BCUT2D eigenvalue weighted by Gasteiger charge is -2.43. The summed E-state index contributed by atoms with van der Waals surface area (Å²) in [6.45, 7) is 6.56. The molecule has 0 radical (unpaired) electrons. The maximum atomic E-state index is 6.06. The lowest BCUT2D eigenvalue weighted by Crippen LogP contribution is -2.56. The first-order chi connectivity index (χ1) is 15.2. The van der Waals surface area contributed by atoms with E-state index in [9.17, 15) is 0 Å². The van der Waals surface area contributed by atoms with E-state index in [2.05, 4.69) is 64.3 Å². The van der Waals surface area contributed by atoms with Crippen LogP contribution in [0.2, 0.25) is 0 Å². The fraction of sp³-hybridized carbons (Fsp3) is 0.476. The van der Waals surface area contributed by atoms with Gasteiger partial charge in [0.2, 0.25) is 0 Å². The zero-order valence-electron chi connectivity index (χ0n) is 17.2. The highest BCUT2D eigenvalue weighted by molar-refractivity contribution is 9.10. The van der Waals surface area contributed by atoms with Gasteiger partial charge in [-0.15, -0.1) is 0 Å². The van der Waals surface area contributed by atoms with E-state index in [4.69, 9.17) is 9.47 Å². The van der Waals surface area contributed by atoms with Gasteiger partial charge in [0.1, 0.15) is 16.7 Å². The summed E-state index contributed by atoms with van der Waals surface area (Å²) < 4.78 is 13.8. The van der Waals surface area contributed by atoms with Crippen molar-refractivity contribution in [1.82, 2.24) is 24.5 Å². The van der Waals surface area contributed by atoms with Gasteiger partial charge in [-0.2, -0.15) is 5.10 Å². The van der Waals surface area contributed by atoms with Crippen LogP contribution in [0.15, 0.2) is 35.3 Å². The number of ether oxygens (including phenoxy) is 2. The van der Waals surface area contributed by atoms with Crippen molar-refractivity contribution in [2.75, 3.05) is 43.1 Å². The van der Waals surface area contributed by atoms with Crippen LogP contribution in [0.5, 0.6) is 5.75 Å². The Morgan fingerprint density at radius 1 is 1.23 bits per heavy atom. The van der Waals surface area contributed by atoms with Crippen molar-refractivity contribution in [2.24, 2.45) is 0 Å². The molecule has 2 aromatic heterocycles. The van der Waals surface area contributed by atoms with Crippen molar-refractivity contribution in [3.63, 3.8) is 0 Å². The van der Waals surface area contributed by atoms with Crippen molar-refractivity contribution in [1.29, 1.82) is 0 Å². The van der Waals surface area contributed by atoms with Crippen LogP contribution in [0.25, 0.3) is 5.65 Å². The zero-order chi connectivity index (χ0) is 20.9. The Hall–Kier alpha value is -2.43. The molecular formula is C21H24BrN7O2. The minimum atomic E-state index is 0.533. The number of anilines is 3. The molecular weight excluding hydrogens is 462 g/mol. The number of fused-ring (bicyclic) bond motifs is 3. The first-order valence-corrected chi connectivity index (χ1v) is 11.5. The molecule has 2 bridgehead atoms. The van der Waals surface area contributed by atoms with Crippen molar-refractivity contribution in [3.05, 3.63) is 35.3 Å². The number of hydrogen-bond donors (Lipinski definition) is 1. The minimum absolute atomic E-state index is 0.533. The zero-order valence-corrected chi connectivity index (χ0v) is 18.8. The van der Waals surface area contributed by atoms with E-state index >= 15 is 0 Å². The summed E-state index contributed by atoms with van der Waals surface area (Å²) in [6.07, 6.45) is 4.52. The van der Waals surface area contributed by atoms with Crippen molar-refractivity contribution in [3.8, 4) is 5.75 Å². The van der Waals surface area contributed by atoms with E-state index in [0.717, 1.165) is 37.7 Å². The minimum Gasteiger partial charge on any atom is -0.492 e. The molecule has 1 N–H and O–H groups in total. The van der Waals surface area contributed by atoms with E-state index in [1.807, 2.05) is 6.92 Å². The highest BCUT2D eigenvalue weighted by Crippen LogP contribution is 2.41. The van der Waals surface area contributed by atoms with Gasteiger partial charge in [0.05, 0.1) is 37.7 Å². The van der Waals surface area contributed by atoms with Crippen LogP contribution in [-0.4, -0.2) is 75.5 Å².